The maximum atomic E-state index is 10.6. The zero-order valence-corrected chi connectivity index (χ0v) is 5.84. The Morgan fingerprint density at radius 3 is 2.90 bits per heavy atom. The molecular weight excluding hydrogens is 125 g/mol. The molecule has 10 heavy (non-hydrogen) atoms. The standard InChI is InChI=1S/C7H10BNO/c8-6-3-1-2-5(4-6)7(9)10/h4,6H,1-3H2,(H2,9,10). The van der Waals surface area contributed by atoms with Gasteiger partial charge < -0.3 is 5.73 Å². The highest BCUT2D eigenvalue weighted by molar-refractivity contribution is 6.13. The first kappa shape index (κ1) is 7.38. The van der Waals surface area contributed by atoms with Gasteiger partial charge in [-0.3, -0.25) is 4.79 Å². The van der Waals surface area contributed by atoms with E-state index in [-0.39, 0.29) is 11.7 Å². The van der Waals surface area contributed by atoms with Gasteiger partial charge in [-0.15, -0.1) is 0 Å². The van der Waals surface area contributed by atoms with Gasteiger partial charge in [0.2, 0.25) is 5.91 Å². The molecule has 0 aromatic carbocycles. The van der Waals surface area contributed by atoms with E-state index in [9.17, 15) is 4.79 Å². The van der Waals surface area contributed by atoms with Crippen molar-refractivity contribution in [3.05, 3.63) is 11.6 Å². The molecule has 1 amide bonds. The van der Waals surface area contributed by atoms with E-state index >= 15 is 0 Å². The predicted octanol–water partition coefficient (Wildman–Crippen LogP) is 0.539. The van der Waals surface area contributed by atoms with Crippen molar-refractivity contribution in [2.24, 2.45) is 5.73 Å². The van der Waals surface area contributed by atoms with Crippen molar-refractivity contribution in [2.75, 3.05) is 0 Å². The highest BCUT2D eigenvalue weighted by atomic mass is 16.1. The van der Waals surface area contributed by atoms with E-state index in [1.165, 1.54) is 0 Å². The Morgan fingerprint density at radius 2 is 2.50 bits per heavy atom. The molecule has 1 aliphatic rings. The Morgan fingerprint density at radius 1 is 1.80 bits per heavy atom. The van der Waals surface area contributed by atoms with E-state index in [0.717, 1.165) is 19.3 Å². The summed E-state index contributed by atoms with van der Waals surface area (Å²) < 4.78 is 0. The van der Waals surface area contributed by atoms with Gasteiger partial charge in [-0.25, -0.2) is 0 Å². The maximum Gasteiger partial charge on any atom is 0.244 e. The molecule has 0 saturated heterocycles. The second kappa shape index (κ2) is 2.91. The lowest BCUT2D eigenvalue weighted by molar-refractivity contribution is -0.114. The summed E-state index contributed by atoms with van der Waals surface area (Å²) in [6.45, 7) is 0. The fourth-order valence-electron chi connectivity index (χ4n) is 1.16. The zero-order chi connectivity index (χ0) is 7.56. The number of hydrogen-bond donors (Lipinski definition) is 1. The zero-order valence-electron chi connectivity index (χ0n) is 5.84. The monoisotopic (exact) mass is 135 g/mol. The maximum absolute atomic E-state index is 10.6. The molecule has 2 radical (unpaired) electrons. The molecule has 0 aromatic rings. The van der Waals surface area contributed by atoms with Crippen LogP contribution in [0.25, 0.3) is 0 Å². The second-order valence-corrected chi connectivity index (χ2v) is 2.61. The van der Waals surface area contributed by atoms with Gasteiger partial charge in [-0.2, -0.15) is 0 Å². The van der Waals surface area contributed by atoms with E-state index in [2.05, 4.69) is 0 Å². The van der Waals surface area contributed by atoms with Crippen molar-refractivity contribution in [1.29, 1.82) is 0 Å². The Kier molecular flexibility index (Phi) is 2.15. The Balaban J connectivity index is 2.66. The van der Waals surface area contributed by atoms with Gasteiger partial charge in [0, 0.05) is 5.57 Å². The van der Waals surface area contributed by atoms with Crippen LogP contribution in [0.4, 0.5) is 0 Å². The molecule has 1 rings (SSSR count). The largest absolute Gasteiger partial charge is 0.366 e. The first-order valence-corrected chi connectivity index (χ1v) is 3.46. The van der Waals surface area contributed by atoms with Gasteiger partial charge in [0.05, 0.1) is 7.85 Å². The molecule has 1 unspecified atom stereocenters. The summed E-state index contributed by atoms with van der Waals surface area (Å²) in [5.74, 6) is -0.286. The fraction of sp³-hybridized carbons (Fsp3) is 0.571. The van der Waals surface area contributed by atoms with E-state index in [4.69, 9.17) is 13.6 Å². The van der Waals surface area contributed by atoms with E-state index in [1.807, 2.05) is 0 Å². The number of hydrogen-bond acceptors (Lipinski definition) is 1. The van der Waals surface area contributed by atoms with Crippen LogP contribution in [-0.2, 0) is 4.79 Å². The summed E-state index contributed by atoms with van der Waals surface area (Å²) in [6, 6.07) is 0. The van der Waals surface area contributed by atoms with Crippen molar-refractivity contribution in [3.8, 4) is 0 Å². The van der Waals surface area contributed by atoms with Crippen molar-refractivity contribution in [1.82, 2.24) is 0 Å². The highest BCUT2D eigenvalue weighted by Gasteiger charge is 2.12. The molecule has 2 N–H and O–H groups in total. The number of carbonyl (C=O) groups excluding carboxylic acids is 1. The predicted molar refractivity (Wildman–Crippen MR) is 40.6 cm³/mol. The quantitative estimate of drug-likeness (QED) is 0.523. The molecule has 0 saturated carbocycles. The van der Waals surface area contributed by atoms with Crippen molar-refractivity contribution in [3.63, 3.8) is 0 Å². The number of carbonyl (C=O) groups is 1. The summed E-state index contributed by atoms with van der Waals surface area (Å²) in [5.41, 5.74) is 5.76. The molecule has 0 heterocycles. The molecule has 2 nitrogen and oxygen atoms in total. The van der Waals surface area contributed by atoms with Crippen LogP contribution in [0.15, 0.2) is 11.6 Å². The minimum absolute atomic E-state index is 0.0382. The average molecular weight is 135 g/mol. The van der Waals surface area contributed by atoms with Crippen molar-refractivity contribution >= 4 is 13.8 Å². The molecule has 1 aliphatic carbocycles. The Bertz CT molecular complexity index is 176. The SMILES string of the molecule is [B]C1C=C(C(N)=O)CCC1. The number of rotatable bonds is 1. The van der Waals surface area contributed by atoms with Crippen LogP contribution in [0.2, 0.25) is 5.82 Å². The second-order valence-electron chi connectivity index (χ2n) is 2.61. The van der Waals surface area contributed by atoms with Crippen LogP contribution in [0.1, 0.15) is 19.3 Å². The van der Waals surface area contributed by atoms with Crippen LogP contribution in [-0.4, -0.2) is 13.8 Å². The van der Waals surface area contributed by atoms with Gasteiger partial charge in [0.1, 0.15) is 0 Å². The average Bonchev–Trinajstić information content (AvgIpc) is 1.88. The third kappa shape index (κ3) is 1.63. The van der Waals surface area contributed by atoms with E-state index in [0.29, 0.717) is 5.57 Å². The first-order valence-electron chi connectivity index (χ1n) is 3.46. The molecular formula is C7H10BNO. The highest BCUT2D eigenvalue weighted by Crippen LogP contribution is 2.23. The lowest BCUT2D eigenvalue weighted by Gasteiger charge is -2.14. The van der Waals surface area contributed by atoms with Crippen LogP contribution in [0.3, 0.4) is 0 Å². The number of amides is 1. The molecule has 0 bridgehead atoms. The molecule has 3 heteroatoms. The van der Waals surface area contributed by atoms with Gasteiger partial charge in [0.15, 0.2) is 0 Å². The van der Waals surface area contributed by atoms with Gasteiger partial charge in [-0.1, -0.05) is 18.3 Å². The third-order valence-corrected chi connectivity index (χ3v) is 1.72. The number of allylic oxidation sites excluding steroid dienone is 1. The van der Waals surface area contributed by atoms with Gasteiger partial charge in [0.25, 0.3) is 0 Å². The summed E-state index contributed by atoms with van der Waals surface area (Å²) in [5, 5.41) is 0. The smallest absolute Gasteiger partial charge is 0.244 e. The van der Waals surface area contributed by atoms with Gasteiger partial charge in [-0.05, 0) is 12.8 Å². The fourth-order valence-corrected chi connectivity index (χ4v) is 1.16. The molecule has 0 spiro atoms. The molecule has 0 aliphatic heterocycles. The molecule has 0 aromatic heterocycles. The molecule has 52 valence electrons. The van der Waals surface area contributed by atoms with E-state index in [1.54, 1.807) is 6.08 Å². The van der Waals surface area contributed by atoms with Crippen LogP contribution in [0, 0.1) is 0 Å². The van der Waals surface area contributed by atoms with Crippen molar-refractivity contribution in [2.45, 2.75) is 25.1 Å². The Labute approximate surface area is 61.9 Å². The number of primary amides is 1. The normalized spacial score (nSPS) is 25.6. The minimum atomic E-state index is -0.324. The van der Waals surface area contributed by atoms with Gasteiger partial charge >= 0.3 is 0 Å². The van der Waals surface area contributed by atoms with Crippen LogP contribution in [0.5, 0.6) is 0 Å². The third-order valence-electron chi connectivity index (χ3n) is 1.72. The van der Waals surface area contributed by atoms with E-state index < -0.39 is 0 Å². The lowest BCUT2D eigenvalue weighted by Crippen LogP contribution is -2.16. The lowest BCUT2D eigenvalue weighted by atomic mass is 9.77. The molecule has 1 atom stereocenters. The molecule has 0 fully saturated rings. The van der Waals surface area contributed by atoms with Crippen LogP contribution >= 0.6 is 0 Å². The van der Waals surface area contributed by atoms with Crippen LogP contribution < -0.4 is 5.73 Å². The minimum Gasteiger partial charge on any atom is -0.366 e. The summed E-state index contributed by atoms with van der Waals surface area (Å²) in [6.07, 6.45) is 4.52. The van der Waals surface area contributed by atoms with Crippen molar-refractivity contribution < 1.29 is 4.79 Å². The Hall–Kier alpha value is -0.725. The summed E-state index contributed by atoms with van der Waals surface area (Å²) in [7, 11) is 5.58. The topological polar surface area (TPSA) is 43.1 Å². The summed E-state index contributed by atoms with van der Waals surface area (Å²) in [4.78, 5) is 10.6. The number of nitrogens with two attached hydrogens (primary N) is 1. The first-order chi connectivity index (χ1) is 4.70. The summed E-state index contributed by atoms with van der Waals surface area (Å²) >= 11 is 0.